The highest BCUT2D eigenvalue weighted by Gasteiger charge is 2.22. The summed E-state index contributed by atoms with van der Waals surface area (Å²) in [5.74, 6) is -0.0317. The first-order valence-electron chi connectivity index (χ1n) is 11.7. The maximum atomic E-state index is 13.2. The van der Waals surface area contributed by atoms with E-state index in [2.05, 4.69) is 21.4 Å². The quantitative estimate of drug-likeness (QED) is 0.265. The van der Waals surface area contributed by atoms with Crippen molar-refractivity contribution in [2.45, 2.75) is 19.0 Å². The number of imidazole rings is 1. The molecule has 4 rings (SSSR count). The van der Waals surface area contributed by atoms with E-state index in [9.17, 15) is 9.59 Å². The van der Waals surface area contributed by atoms with E-state index in [1.54, 1.807) is 47.9 Å². The predicted octanol–water partition coefficient (Wildman–Crippen LogP) is 5.27. The molecule has 2 aromatic heterocycles. The number of methoxy groups -OCH3 is 1. The molecular formula is C28H28N4O3S2. The largest absolute Gasteiger partial charge is 0.467 e. The average molecular weight is 533 g/mol. The van der Waals surface area contributed by atoms with E-state index in [1.165, 1.54) is 7.11 Å². The minimum absolute atomic E-state index is 0.317. The minimum atomic E-state index is -0.698. The minimum Gasteiger partial charge on any atom is -0.467 e. The van der Waals surface area contributed by atoms with Gasteiger partial charge in [0.05, 0.1) is 20.0 Å². The summed E-state index contributed by atoms with van der Waals surface area (Å²) < 4.78 is 6.90. The first kappa shape index (κ1) is 26.4. The zero-order valence-electron chi connectivity index (χ0n) is 20.7. The van der Waals surface area contributed by atoms with Crippen LogP contribution in [-0.4, -0.2) is 51.6 Å². The van der Waals surface area contributed by atoms with E-state index >= 15 is 0 Å². The van der Waals surface area contributed by atoms with Crippen LogP contribution in [0.2, 0.25) is 0 Å². The molecule has 1 N–H and O–H groups in total. The fourth-order valence-corrected chi connectivity index (χ4v) is 5.00. The molecule has 1 amide bonds. The smallest absolute Gasteiger partial charge is 0.328 e. The van der Waals surface area contributed by atoms with E-state index in [4.69, 9.17) is 4.74 Å². The van der Waals surface area contributed by atoms with Crippen LogP contribution in [0, 0.1) is 0 Å². The second-order valence-electron chi connectivity index (χ2n) is 8.24. The first-order valence-corrected chi connectivity index (χ1v) is 14.0. The van der Waals surface area contributed by atoms with Gasteiger partial charge in [0, 0.05) is 35.1 Å². The number of ether oxygens (including phenoxy) is 1. The maximum Gasteiger partial charge on any atom is 0.328 e. The molecular weight excluding hydrogens is 504 g/mol. The number of benzene rings is 2. The van der Waals surface area contributed by atoms with Crippen LogP contribution >= 0.6 is 23.1 Å². The Bertz CT molecular complexity index is 1340. The Morgan fingerprint density at radius 3 is 2.70 bits per heavy atom. The van der Waals surface area contributed by atoms with Gasteiger partial charge < -0.3 is 14.6 Å². The molecule has 0 radical (unpaired) electrons. The molecule has 0 bridgehead atoms. The van der Waals surface area contributed by atoms with Crippen LogP contribution in [-0.2, 0) is 16.1 Å². The van der Waals surface area contributed by atoms with Gasteiger partial charge in [-0.1, -0.05) is 36.4 Å². The molecule has 2 heterocycles. The summed E-state index contributed by atoms with van der Waals surface area (Å²) in [6.07, 6.45) is 11.8. The monoisotopic (exact) mass is 532 g/mol. The number of aromatic nitrogens is 3. The molecule has 7 nitrogen and oxygen atoms in total. The normalized spacial score (nSPS) is 12.2. The van der Waals surface area contributed by atoms with Crippen LogP contribution in [0.5, 0.6) is 0 Å². The lowest BCUT2D eigenvalue weighted by Gasteiger charge is -2.17. The molecule has 9 heteroatoms. The molecule has 2 aromatic carbocycles. The third-order valence-corrected chi connectivity index (χ3v) is 7.24. The van der Waals surface area contributed by atoms with E-state index in [0.29, 0.717) is 18.5 Å². The van der Waals surface area contributed by atoms with E-state index in [-0.39, 0.29) is 5.91 Å². The first-order chi connectivity index (χ1) is 18.1. The Hall–Kier alpha value is -3.69. The van der Waals surface area contributed by atoms with Gasteiger partial charge >= 0.3 is 5.97 Å². The number of rotatable bonds is 11. The lowest BCUT2D eigenvalue weighted by atomic mass is 9.95. The molecule has 1 atom stereocenters. The number of allylic oxidation sites excluding steroid dienone is 1. The van der Waals surface area contributed by atoms with Gasteiger partial charge in [0.25, 0.3) is 5.91 Å². The number of thioether (sulfide) groups is 1. The Kier molecular flexibility index (Phi) is 9.29. The molecule has 37 heavy (non-hydrogen) atoms. The van der Waals surface area contributed by atoms with Gasteiger partial charge in [0.2, 0.25) is 0 Å². The SMILES string of the molecule is COC(=O)[C@H](CCSC)NC(=O)c1ccc(C=C(Cn2ccnc2)c2nccs2)c(-c2ccccc2)c1. The fourth-order valence-electron chi connectivity index (χ4n) is 3.88. The topological polar surface area (TPSA) is 86.1 Å². The Morgan fingerprint density at radius 1 is 1.19 bits per heavy atom. The summed E-state index contributed by atoms with van der Waals surface area (Å²) in [5.41, 5.74) is 4.35. The lowest BCUT2D eigenvalue weighted by molar-refractivity contribution is -0.142. The number of thiazole rings is 1. The van der Waals surface area contributed by atoms with Crippen molar-refractivity contribution in [3.63, 3.8) is 0 Å². The Morgan fingerprint density at radius 2 is 2.03 bits per heavy atom. The summed E-state index contributed by atoms with van der Waals surface area (Å²) in [4.78, 5) is 34.1. The second kappa shape index (κ2) is 13.0. The number of nitrogens with one attached hydrogen (secondary N) is 1. The molecule has 4 aromatic rings. The van der Waals surface area contributed by atoms with Gasteiger partial charge in [0.15, 0.2) is 0 Å². The molecule has 0 fully saturated rings. The van der Waals surface area contributed by atoms with Crippen molar-refractivity contribution < 1.29 is 14.3 Å². The van der Waals surface area contributed by atoms with Crippen molar-refractivity contribution in [1.29, 1.82) is 0 Å². The molecule has 190 valence electrons. The van der Waals surface area contributed by atoms with Gasteiger partial charge in [-0.25, -0.2) is 14.8 Å². The zero-order valence-corrected chi connectivity index (χ0v) is 22.3. The maximum absolute atomic E-state index is 13.2. The number of nitrogens with zero attached hydrogens (tertiary/aromatic N) is 3. The van der Waals surface area contributed by atoms with Crippen molar-refractivity contribution in [3.05, 3.63) is 95.0 Å². The van der Waals surface area contributed by atoms with Crippen LogP contribution in [0.15, 0.2) is 78.8 Å². The lowest BCUT2D eigenvalue weighted by Crippen LogP contribution is -2.41. The predicted molar refractivity (Wildman–Crippen MR) is 150 cm³/mol. The Balaban J connectivity index is 1.72. The number of esters is 1. The van der Waals surface area contributed by atoms with Crippen molar-refractivity contribution >= 4 is 46.6 Å². The van der Waals surface area contributed by atoms with E-state index in [1.807, 2.05) is 64.9 Å². The van der Waals surface area contributed by atoms with Gasteiger partial charge in [-0.3, -0.25) is 4.79 Å². The highest BCUT2D eigenvalue weighted by atomic mass is 32.2. The van der Waals surface area contributed by atoms with E-state index < -0.39 is 12.0 Å². The highest BCUT2D eigenvalue weighted by molar-refractivity contribution is 7.98. The van der Waals surface area contributed by atoms with Crippen molar-refractivity contribution in [2.24, 2.45) is 0 Å². The molecule has 0 spiro atoms. The molecule has 0 saturated heterocycles. The number of hydrogen-bond acceptors (Lipinski definition) is 7. The standard InChI is InChI=1S/C28H28N4O3S2/c1-35-28(34)25(10-14-36-2)31-26(33)22-9-8-21(24(17-22)20-6-4-3-5-7-20)16-23(27-30-12-15-37-27)18-32-13-11-29-19-32/h3-9,11-13,15-17,19,25H,10,14,18H2,1-2H3,(H,31,33)/t25-/m0/s1. The molecule has 0 aliphatic heterocycles. The van der Waals surface area contributed by atoms with Crippen molar-refractivity contribution in [2.75, 3.05) is 19.1 Å². The van der Waals surface area contributed by atoms with E-state index in [0.717, 1.165) is 33.0 Å². The summed E-state index contributed by atoms with van der Waals surface area (Å²) in [6.45, 7) is 0.611. The summed E-state index contributed by atoms with van der Waals surface area (Å²) in [5, 5.41) is 5.73. The van der Waals surface area contributed by atoms with Gasteiger partial charge in [0.1, 0.15) is 11.0 Å². The number of carbonyl (C=O) groups is 2. The van der Waals surface area contributed by atoms with Gasteiger partial charge in [-0.15, -0.1) is 11.3 Å². The van der Waals surface area contributed by atoms with Crippen LogP contribution < -0.4 is 5.32 Å². The number of carbonyl (C=O) groups excluding carboxylic acids is 2. The summed E-state index contributed by atoms with van der Waals surface area (Å²) >= 11 is 3.19. The van der Waals surface area contributed by atoms with Crippen molar-refractivity contribution in [3.8, 4) is 11.1 Å². The van der Waals surface area contributed by atoms with Gasteiger partial charge in [-0.05, 0) is 53.3 Å². The van der Waals surface area contributed by atoms with Crippen LogP contribution in [0.1, 0.15) is 27.3 Å². The highest BCUT2D eigenvalue weighted by Crippen LogP contribution is 2.30. The van der Waals surface area contributed by atoms with Crippen LogP contribution in [0.4, 0.5) is 0 Å². The zero-order chi connectivity index (χ0) is 26.0. The third-order valence-electron chi connectivity index (χ3n) is 5.75. The van der Waals surface area contributed by atoms with Crippen LogP contribution in [0.3, 0.4) is 0 Å². The summed E-state index contributed by atoms with van der Waals surface area (Å²) in [6, 6.07) is 14.8. The second-order valence-corrected chi connectivity index (χ2v) is 10.1. The molecule has 0 aliphatic rings. The van der Waals surface area contributed by atoms with Crippen LogP contribution in [0.25, 0.3) is 22.8 Å². The third kappa shape index (κ3) is 6.96. The average Bonchev–Trinajstić information content (AvgIpc) is 3.65. The summed E-state index contributed by atoms with van der Waals surface area (Å²) in [7, 11) is 1.33. The molecule has 0 unspecified atom stereocenters. The fraction of sp³-hybridized carbons (Fsp3) is 0.214. The molecule has 0 aliphatic carbocycles. The number of hydrogen-bond donors (Lipinski definition) is 1. The molecule has 0 saturated carbocycles. The van der Waals surface area contributed by atoms with Crippen molar-refractivity contribution in [1.82, 2.24) is 19.9 Å². The Labute approximate surface area is 224 Å². The number of amides is 1. The van der Waals surface area contributed by atoms with Gasteiger partial charge in [-0.2, -0.15) is 11.8 Å².